The van der Waals surface area contributed by atoms with Gasteiger partial charge in [-0.3, -0.25) is 4.98 Å². The second-order valence-corrected chi connectivity index (χ2v) is 5.76. The molecule has 2 N–H and O–H groups in total. The van der Waals surface area contributed by atoms with Crippen LogP contribution in [0, 0.1) is 19.7 Å². The Morgan fingerprint density at radius 1 is 1.17 bits per heavy atom. The third-order valence-corrected chi connectivity index (χ3v) is 3.82. The molecule has 5 heteroatoms. The fourth-order valence-electron chi connectivity index (χ4n) is 2.35. The van der Waals surface area contributed by atoms with E-state index in [0.29, 0.717) is 12.1 Å². The number of aliphatic imine (C=N–C) groups is 1. The van der Waals surface area contributed by atoms with Crippen molar-refractivity contribution in [2.45, 2.75) is 33.7 Å². The molecule has 0 atom stereocenters. The van der Waals surface area contributed by atoms with E-state index in [9.17, 15) is 4.39 Å². The summed E-state index contributed by atoms with van der Waals surface area (Å²) in [5, 5.41) is 6.53. The number of nitrogens with zero attached hydrogens (tertiary/aromatic N) is 2. The van der Waals surface area contributed by atoms with Gasteiger partial charge in [-0.15, -0.1) is 0 Å². The zero-order chi connectivity index (χ0) is 17.4. The highest BCUT2D eigenvalue weighted by atomic mass is 19.1. The second kappa shape index (κ2) is 9.01. The van der Waals surface area contributed by atoms with Crippen LogP contribution in [0.15, 0.2) is 41.7 Å². The highest BCUT2D eigenvalue weighted by Gasteiger charge is 2.02. The average Bonchev–Trinajstić information content (AvgIpc) is 2.57. The molecule has 128 valence electrons. The summed E-state index contributed by atoms with van der Waals surface area (Å²) in [6, 6.07) is 7.28. The minimum atomic E-state index is -0.186. The number of hydrogen-bond donors (Lipinski definition) is 2. The van der Waals surface area contributed by atoms with E-state index in [1.165, 1.54) is 11.1 Å². The van der Waals surface area contributed by atoms with Crippen LogP contribution in [-0.2, 0) is 13.0 Å². The van der Waals surface area contributed by atoms with Crippen molar-refractivity contribution < 1.29 is 4.39 Å². The van der Waals surface area contributed by atoms with E-state index in [4.69, 9.17) is 0 Å². The van der Waals surface area contributed by atoms with Crippen molar-refractivity contribution in [3.05, 3.63) is 64.7 Å². The Labute approximate surface area is 143 Å². The first-order chi connectivity index (χ1) is 11.6. The summed E-state index contributed by atoms with van der Waals surface area (Å²) in [4.78, 5) is 8.63. The molecule has 0 aliphatic heterocycles. The SMILES string of the molecule is CCNC(=NCc1ccc(C)c(F)c1)NCCc1ccncc1C. The molecule has 0 amide bonds. The van der Waals surface area contributed by atoms with E-state index >= 15 is 0 Å². The van der Waals surface area contributed by atoms with Crippen LogP contribution in [0.3, 0.4) is 0 Å². The molecule has 0 bridgehead atoms. The average molecular weight is 328 g/mol. The Kier molecular flexibility index (Phi) is 6.73. The van der Waals surface area contributed by atoms with Crippen LogP contribution in [0.2, 0.25) is 0 Å². The summed E-state index contributed by atoms with van der Waals surface area (Å²) >= 11 is 0. The van der Waals surface area contributed by atoms with Gasteiger partial charge in [-0.1, -0.05) is 12.1 Å². The molecule has 0 saturated heterocycles. The zero-order valence-corrected chi connectivity index (χ0v) is 14.6. The number of nitrogens with one attached hydrogen (secondary N) is 2. The predicted molar refractivity (Wildman–Crippen MR) is 96.6 cm³/mol. The van der Waals surface area contributed by atoms with Crippen LogP contribution < -0.4 is 10.6 Å². The number of pyridine rings is 1. The van der Waals surface area contributed by atoms with Gasteiger partial charge in [0.25, 0.3) is 0 Å². The number of aromatic nitrogens is 1. The molecule has 0 aliphatic carbocycles. The molecular weight excluding hydrogens is 303 g/mol. The van der Waals surface area contributed by atoms with Gasteiger partial charge < -0.3 is 10.6 Å². The fraction of sp³-hybridized carbons (Fsp3) is 0.368. The maximum atomic E-state index is 13.6. The predicted octanol–water partition coefficient (Wildman–Crippen LogP) is 3.14. The highest BCUT2D eigenvalue weighted by Crippen LogP contribution is 2.10. The molecule has 0 aliphatic rings. The Morgan fingerprint density at radius 3 is 2.71 bits per heavy atom. The molecular formula is C19H25FN4. The van der Waals surface area contributed by atoms with E-state index in [-0.39, 0.29) is 5.82 Å². The van der Waals surface area contributed by atoms with Gasteiger partial charge in [-0.2, -0.15) is 0 Å². The third kappa shape index (κ3) is 5.33. The molecule has 4 nitrogen and oxygen atoms in total. The second-order valence-electron chi connectivity index (χ2n) is 5.76. The lowest BCUT2D eigenvalue weighted by Crippen LogP contribution is -2.38. The van der Waals surface area contributed by atoms with E-state index in [2.05, 4.69) is 27.5 Å². The van der Waals surface area contributed by atoms with E-state index < -0.39 is 0 Å². The standard InChI is InChI=1S/C19H25FN4/c1-4-22-19(23-10-8-17-7-9-21-12-15(17)3)24-13-16-6-5-14(2)18(20)11-16/h5-7,9,11-12H,4,8,10,13H2,1-3H3,(H2,22,23,24). The summed E-state index contributed by atoms with van der Waals surface area (Å²) < 4.78 is 13.6. The van der Waals surface area contributed by atoms with E-state index in [1.807, 2.05) is 31.5 Å². The summed E-state index contributed by atoms with van der Waals surface area (Å²) in [6.45, 7) is 7.85. The fourth-order valence-corrected chi connectivity index (χ4v) is 2.35. The Balaban J connectivity index is 1.93. The van der Waals surface area contributed by atoms with Gasteiger partial charge in [0.05, 0.1) is 6.54 Å². The van der Waals surface area contributed by atoms with Crippen molar-refractivity contribution in [3.8, 4) is 0 Å². The van der Waals surface area contributed by atoms with Crippen LogP contribution >= 0.6 is 0 Å². The minimum Gasteiger partial charge on any atom is -0.357 e. The molecule has 2 rings (SSSR count). The first-order valence-electron chi connectivity index (χ1n) is 8.27. The first-order valence-corrected chi connectivity index (χ1v) is 8.27. The highest BCUT2D eigenvalue weighted by molar-refractivity contribution is 5.79. The summed E-state index contributed by atoms with van der Waals surface area (Å²) in [7, 11) is 0. The maximum absolute atomic E-state index is 13.6. The lowest BCUT2D eigenvalue weighted by atomic mass is 10.1. The molecule has 0 radical (unpaired) electrons. The molecule has 1 aromatic heterocycles. The number of guanidine groups is 1. The number of aryl methyl sites for hydroxylation is 2. The van der Waals surface area contributed by atoms with Crippen molar-refractivity contribution >= 4 is 5.96 Å². The molecule has 1 heterocycles. The monoisotopic (exact) mass is 328 g/mol. The molecule has 0 fully saturated rings. The molecule has 2 aromatic rings. The maximum Gasteiger partial charge on any atom is 0.191 e. The Bertz CT molecular complexity index is 698. The van der Waals surface area contributed by atoms with Crippen LogP contribution in [-0.4, -0.2) is 24.0 Å². The van der Waals surface area contributed by atoms with Crippen LogP contribution in [0.25, 0.3) is 0 Å². The van der Waals surface area contributed by atoms with Crippen molar-refractivity contribution in [3.63, 3.8) is 0 Å². The van der Waals surface area contributed by atoms with Gasteiger partial charge in [0, 0.05) is 25.5 Å². The van der Waals surface area contributed by atoms with Crippen molar-refractivity contribution in [1.82, 2.24) is 15.6 Å². The summed E-state index contributed by atoms with van der Waals surface area (Å²) in [5.74, 6) is 0.555. The lowest BCUT2D eigenvalue weighted by Gasteiger charge is -2.12. The number of benzene rings is 1. The summed E-state index contributed by atoms with van der Waals surface area (Å²) in [6.07, 6.45) is 4.59. The van der Waals surface area contributed by atoms with Gasteiger partial charge >= 0.3 is 0 Å². The van der Waals surface area contributed by atoms with Crippen molar-refractivity contribution in [2.75, 3.05) is 13.1 Å². The lowest BCUT2D eigenvalue weighted by molar-refractivity contribution is 0.616. The molecule has 0 saturated carbocycles. The van der Waals surface area contributed by atoms with Crippen LogP contribution in [0.5, 0.6) is 0 Å². The summed E-state index contributed by atoms with van der Waals surface area (Å²) in [5.41, 5.74) is 3.98. The number of rotatable bonds is 6. The van der Waals surface area contributed by atoms with Gasteiger partial charge in [0.2, 0.25) is 0 Å². The smallest absolute Gasteiger partial charge is 0.191 e. The van der Waals surface area contributed by atoms with Gasteiger partial charge in [0.15, 0.2) is 5.96 Å². The quantitative estimate of drug-likeness (QED) is 0.633. The minimum absolute atomic E-state index is 0.186. The van der Waals surface area contributed by atoms with E-state index in [0.717, 1.165) is 31.0 Å². The van der Waals surface area contributed by atoms with Crippen LogP contribution in [0.1, 0.15) is 29.2 Å². The van der Waals surface area contributed by atoms with Crippen molar-refractivity contribution in [1.29, 1.82) is 0 Å². The number of halogens is 1. The van der Waals surface area contributed by atoms with E-state index in [1.54, 1.807) is 19.1 Å². The van der Waals surface area contributed by atoms with Crippen LogP contribution in [0.4, 0.5) is 4.39 Å². The van der Waals surface area contributed by atoms with Gasteiger partial charge in [0.1, 0.15) is 5.82 Å². The molecule has 0 spiro atoms. The Hall–Kier alpha value is -2.43. The number of hydrogen-bond acceptors (Lipinski definition) is 2. The molecule has 1 aromatic carbocycles. The van der Waals surface area contributed by atoms with Gasteiger partial charge in [-0.25, -0.2) is 9.38 Å². The van der Waals surface area contributed by atoms with Gasteiger partial charge in [-0.05, 0) is 61.6 Å². The third-order valence-electron chi connectivity index (χ3n) is 3.82. The topological polar surface area (TPSA) is 49.3 Å². The Morgan fingerprint density at radius 2 is 2.00 bits per heavy atom. The van der Waals surface area contributed by atoms with Crippen molar-refractivity contribution in [2.24, 2.45) is 4.99 Å². The first kappa shape index (κ1) is 17.9. The molecule has 24 heavy (non-hydrogen) atoms. The largest absolute Gasteiger partial charge is 0.357 e. The molecule has 0 unspecified atom stereocenters. The normalized spacial score (nSPS) is 11.4. The zero-order valence-electron chi connectivity index (χ0n) is 14.6.